The Morgan fingerprint density at radius 3 is 2.40 bits per heavy atom. The number of hydrogen-bond acceptors (Lipinski definition) is 1. The Balaban J connectivity index is 2.51. The van der Waals surface area contributed by atoms with Crippen LogP contribution in [0.3, 0.4) is 0 Å². The maximum atomic E-state index is 4.79. The Hall–Kier alpha value is -0.460. The van der Waals surface area contributed by atoms with Crippen LogP contribution in [-0.4, -0.2) is 6.61 Å². The first-order valence-corrected chi connectivity index (χ1v) is 1.69. The first-order valence-electron chi connectivity index (χ1n) is 1.69. The van der Waals surface area contributed by atoms with Crippen molar-refractivity contribution in [3.63, 3.8) is 0 Å². The highest BCUT2D eigenvalue weighted by atomic mass is 16.5. The minimum atomic E-state index is 0.825. The third-order valence-electron chi connectivity index (χ3n) is 0.682. The molecule has 1 heterocycles. The second kappa shape index (κ2) is 0.744. The lowest BCUT2D eigenvalue weighted by Crippen LogP contribution is -1.98. The van der Waals surface area contributed by atoms with Crippen LogP contribution in [0.4, 0.5) is 0 Å². The summed E-state index contributed by atoms with van der Waals surface area (Å²) in [5.74, 6) is 1.06. The maximum Gasteiger partial charge on any atom is 0.109 e. The molecular weight excluding hydrogens is 64.0 g/mol. The minimum Gasteiger partial charge on any atom is -0.494 e. The van der Waals surface area contributed by atoms with Gasteiger partial charge >= 0.3 is 0 Å². The summed E-state index contributed by atoms with van der Waals surface area (Å²) < 4.78 is 4.79. The first kappa shape index (κ1) is 2.76. The molecule has 0 aromatic carbocycles. The lowest BCUT2D eigenvalue weighted by Gasteiger charge is -2.09. The summed E-state index contributed by atoms with van der Waals surface area (Å²) in [5, 5.41) is 0. The van der Waals surface area contributed by atoms with Crippen molar-refractivity contribution in [2.24, 2.45) is 0 Å². The molecule has 0 radical (unpaired) electrons. The van der Waals surface area contributed by atoms with Crippen molar-refractivity contribution in [2.75, 3.05) is 6.61 Å². The van der Waals surface area contributed by atoms with Gasteiger partial charge in [-0.1, -0.05) is 0 Å². The molecule has 1 nitrogen and oxygen atoms in total. The number of rotatable bonds is 0. The van der Waals surface area contributed by atoms with Crippen LogP contribution in [0.25, 0.3) is 0 Å². The summed E-state index contributed by atoms with van der Waals surface area (Å²) in [6.45, 7) is 2.77. The average molecular weight is 70.1 g/mol. The van der Waals surface area contributed by atoms with E-state index in [9.17, 15) is 0 Å². The van der Waals surface area contributed by atoms with Gasteiger partial charge in [0.1, 0.15) is 6.61 Å². The molecule has 1 rings (SSSR count). The molecule has 1 aliphatic heterocycles. The molecule has 0 spiro atoms. The molecular formula is C4H6O. The van der Waals surface area contributed by atoms with Gasteiger partial charge in [-0.3, -0.25) is 0 Å². The van der Waals surface area contributed by atoms with Crippen LogP contribution in [0.2, 0.25) is 0 Å². The fourth-order valence-electron chi connectivity index (χ4n) is 0.250. The predicted octanol–water partition coefficient (Wildman–Crippen LogP) is 0.920. The molecule has 1 aliphatic rings. The van der Waals surface area contributed by atoms with Gasteiger partial charge in [-0.05, 0) is 13.0 Å². The quantitative estimate of drug-likeness (QED) is 0.412. The van der Waals surface area contributed by atoms with Crippen LogP contribution in [0.5, 0.6) is 0 Å². The zero-order chi connectivity index (χ0) is 3.70. The topological polar surface area (TPSA) is 9.23 Å². The lowest BCUT2D eigenvalue weighted by atomic mass is 10.4. The van der Waals surface area contributed by atoms with E-state index in [4.69, 9.17) is 4.74 Å². The van der Waals surface area contributed by atoms with E-state index >= 15 is 0 Å². The van der Waals surface area contributed by atoms with Gasteiger partial charge in [-0.25, -0.2) is 0 Å². The number of allylic oxidation sites excluding steroid dienone is 1. The van der Waals surface area contributed by atoms with E-state index in [0.29, 0.717) is 0 Å². The van der Waals surface area contributed by atoms with Gasteiger partial charge in [0, 0.05) is 0 Å². The molecule has 5 heavy (non-hydrogen) atoms. The average Bonchev–Trinajstić information content (AvgIpc) is 1.30. The van der Waals surface area contributed by atoms with E-state index in [1.807, 2.05) is 13.0 Å². The maximum absolute atomic E-state index is 4.79. The van der Waals surface area contributed by atoms with Gasteiger partial charge in [0.15, 0.2) is 0 Å². The molecule has 0 atom stereocenters. The van der Waals surface area contributed by atoms with Crippen LogP contribution in [0, 0.1) is 0 Å². The smallest absolute Gasteiger partial charge is 0.109 e. The molecule has 0 fully saturated rings. The van der Waals surface area contributed by atoms with Gasteiger partial charge in [0.25, 0.3) is 0 Å². The second-order valence-corrected chi connectivity index (χ2v) is 1.13. The zero-order valence-electron chi connectivity index (χ0n) is 3.19. The van der Waals surface area contributed by atoms with E-state index in [2.05, 4.69) is 0 Å². The highest BCUT2D eigenvalue weighted by Gasteiger charge is 1.94. The molecule has 28 valence electrons. The Morgan fingerprint density at radius 2 is 2.40 bits per heavy atom. The van der Waals surface area contributed by atoms with Gasteiger partial charge < -0.3 is 4.74 Å². The Kier molecular flexibility index (Phi) is 0.411. The number of ether oxygens (including phenoxy) is 1. The molecule has 0 aliphatic carbocycles. The second-order valence-electron chi connectivity index (χ2n) is 1.13. The predicted molar refractivity (Wildman–Crippen MR) is 19.7 cm³/mol. The van der Waals surface area contributed by atoms with E-state index < -0.39 is 0 Å². The highest BCUT2D eigenvalue weighted by Crippen LogP contribution is 2.03. The van der Waals surface area contributed by atoms with Crippen LogP contribution >= 0.6 is 0 Å². The summed E-state index contributed by atoms with van der Waals surface area (Å²) in [6.07, 6.45) is 2.04. The third-order valence-corrected chi connectivity index (χ3v) is 0.682. The van der Waals surface area contributed by atoms with Gasteiger partial charge in [-0.15, -0.1) is 0 Å². The van der Waals surface area contributed by atoms with Gasteiger partial charge in [-0.2, -0.15) is 0 Å². The standard InChI is InChI=1S/C4H6O/c1-4-2-3-5-4/h2H,3H2,1H3. The largest absolute Gasteiger partial charge is 0.494 e. The van der Waals surface area contributed by atoms with Crippen molar-refractivity contribution in [1.82, 2.24) is 0 Å². The highest BCUT2D eigenvalue weighted by molar-refractivity contribution is 4.96. The first-order chi connectivity index (χ1) is 2.39. The summed E-state index contributed by atoms with van der Waals surface area (Å²) in [4.78, 5) is 0. The fourth-order valence-corrected chi connectivity index (χ4v) is 0.250. The lowest BCUT2D eigenvalue weighted by molar-refractivity contribution is 0.199. The van der Waals surface area contributed by atoms with Crippen molar-refractivity contribution in [2.45, 2.75) is 6.92 Å². The van der Waals surface area contributed by atoms with E-state index in [-0.39, 0.29) is 0 Å². The van der Waals surface area contributed by atoms with Crippen LogP contribution in [0.1, 0.15) is 6.92 Å². The number of hydrogen-bond donors (Lipinski definition) is 0. The summed E-state index contributed by atoms with van der Waals surface area (Å²) >= 11 is 0. The van der Waals surface area contributed by atoms with E-state index in [1.165, 1.54) is 0 Å². The normalized spacial score (nSPS) is 19.0. The summed E-state index contributed by atoms with van der Waals surface area (Å²) in [5.41, 5.74) is 0. The van der Waals surface area contributed by atoms with Crippen molar-refractivity contribution in [3.8, 4) is 0 Å². The molecule has 0 amide bonds. The Bertz CT molecular complexity index is 64.0. The Morgan fingerprint density at radius 1 is 2.00 bits per heavy atom. The molecule has 0 N–H and O–H groups in total. The molecule has 1 heteroatoms. The molecule has 0 unspecified atom stereocenters. The molecule has 0 bridgehead atoms. The van der Waals surface area contributed by atoms with Crippen LogP contribution < -0.4 is 0 Å². The van der Waals surface area contributed by atoms with E-state index in [1.54, 1.807) is 0 Å². The molecule has 0 aromatic rings. The van der Waals surface area contributed by atoms with Crippen molar-refractivity contribution in [3.05, 3.63) is 11.8 Å². The van der Waals surface area contributed by atoms with Crippen molar-refractivity contribution < 1.29 is 4.74 Å². The minimum absolute atomic E-state index is 0.825. The van der Waals surface area contributed by atoms with Crippen molar-refractivity contribution >= 4 is 0 Å². The zero-order valence-corrected chi connectivity index (χ0v) is 3.19. The molecule has 0 aromatic heterocycles. The van der Waals surface area contributed by atoms with Crippen LogP contribution in [0.15, 0.2) is 11.8 Å². The monoisotopic (exact) mass is 70.0 g/mol. The fraction of sp³-hybridized carbons (Fsp3) is 0.500. The van der Waals surface area contributed by atoms with Crippen molar-refractivity contribution in [1.29, 1.82) is 0 Å². The Labute approximate surface area is 31.3 Å². The summed E-state index contributed by atoms with van der Waals surface area (Å²) in [7, 11) is 0. The van der Waals surface area contributed by atoms with E-state index in [0.717, 1.165) is 12.4 Å². The van der Waals surface area contributed by atoms with Crippen LogP contribution in [-0.2, 0) is 4.74 Å². The molecule has 0 saturated carbocycles. The third kappa shape index (κ3) is 0.274. The van der Waals surface area contributed by atoms with Gasteiger partial charge in [0.2, 0.25) is 0 Å². The van der Waals surface area contributed by atoms with Gasteiger partial charge in [0.05, 0.1) is 5.76 Å². The molecule has 0 saturated heterocycles. The SMILES string of the molecule is CC1=CCO1. The summed E-state index contributed by atoms with van der Waals surface area (Å²) in [6, 6.07) is 0.